The van der Waals surface area contributed by atoms with Gasteiger partial charge in [0.1, 0.15) is 0 Å². The maximum atomic E-state index is 13.2. The summed E-state index contributed by atoms with van der Waals surface area (Å²) < 4.78 is 5.89. The fourth-order valence-electron chi connectivity index (χ4n) is 3.93. The summed E-state index contributed by atoms with van der Waals surface area (Å²) >= 11 is 6.29. The number of anilines is 1. The van der Waals surface area contributed by atoms with E-state index in [1.54, 1.807) is 0 Å². The van der Waals surface area contributed by atoms with E-state index in [1.807, 2.05) is 37.8 Å². The minimum Gasteiger partial charge on any atom is -0.374 e. The lowest BCUT2D eigenvalue weighted by Crippen LogP contribution is -2.48. The lowest BCUT2D eigenvalue weighted by molar-refractivity contribution is -0.122. The normalized spacial score (nSPS) is 22.9. The average Bonchev–Trinajstić information content (AvgIpc) is 2.78. The third-order valence-corrected chi connectivity index (χ3v) is 5.79. The minimum absolute atomic E-state index is 0.00270. The Morgan fingerprint density at radius 1 is 1.31 bits per heavy atom. The zero-order valence-corrected chi connectivity index (χ0v) is 16.3. The number of carbonyl (C=O) groups excluding carboxylic acids is 1. The van der Waals surface area contributed by atoms with E-state index in [0.717, 1.165) is 40.8 Å². The van der Waals surface area contributed by atoms with Crippen LogP contribution in [0, 0.1) is 6.92 Å². The number of amides is 1. The van der Waals surface area contributed by atoms with Crippen molar-refractivity contribution in [3.8, 4) is 0 Å². The van der Waals surface area contributed by atoms with E-state index in [-0.39, 0.29) is 12.0 Å². The first-order valence-corrected chi connectivity index (χ1v) is 9.26. The number of fused-ring (bicyclic) bond motifs is 2. The molecule has 2 aliphatic heterocycles. The number of morpholine rings is 1. The van der Waals surface area contributed by atoms with Crippen molar-refractivity contribution in [2.24, 2.45) is 0 Å². The number of halogens is 1. The summed E-state index contributed by atoms with van der Waals surface area (Å²) in [7, 11) is 2.08. The Hall–Kier alpha value is -1.76. The summed E-state index contributed by atoms with van der Waals surface area (Å²) in [5, 5.41) is 10.3. The van der Waals surface area contributed by atoms with Crippen molar-refractivity contribution < 1.29 is 9.53 Å². The molecule has 6 nitrogen and oxygen atoms in total. The van der Waals surface area contributed by atoms with Crippen LogP contribution >= 0.6 is 11.6 Å². The molecular formula is C19H23ClN4O2. The SMILES string of the molecule is Cc1nnc(Cl)c2cc3c(cc12)C(C)(C)C(=O)N3CC1CN(C)CCO1. The maximum absolute atomic E-state index is 13.2. The second-order valence-corrected chi connectivity index (χ2v) is 8.14. The number of aromatic nitrogens is 2. The number of nitrogens with zero attached hydrogens (tertiary/aromatic N) is 4. The van der Waals surface area contributed by atoms with E-state index in [9.17, 15) is 4.79 Å². The molecule has 0 radical (unpaired) electrons. The lowest BCUT2D eigenvalue weighted by atomic mass is 9.85. The monoisotopic (exact) mass is 374 g/mol. The smallest absolute Gasteiger partial charge is 0.237 e. The van der Waals surface area contributed by atoms with Gasteiger partial charge in [-0.1, -0.05) is 11.6 Å². The number of likely N-dealkylation sites (N-methyl/N-ethyl adjacent to an activating group) is 1. The van der Waals surface area contributed by atoms with Gasteiger partial charge in [0.15, 0.2) is 5.15 Å². The molecule has 0 spiro atoms. The predicted octanol–water partition coefficient (Wildman–Crippen LogP) is 2.55. The molecule has 1 aromatic carbocycles. The van der Waals surface area contributed by atoms with E-state index in [0.29, 0.717) is 18.3 Å². The number of rotatable bonds is 2. The van der Waals surface area contributed by atoms with Crippen LogP contribution in [0.25, 0.3) is 10.8 Å². The molecular weight excluding hydrogens is 352 g/mol. The molecule has 1 saturated heterocycles. The number of carbonyl (C=O) groups is 1. The Morgan fingerprint density at radius 3 is 2.81 bits per heavy atom. The van der Waals surface area contributed by atoms with Gasteiger partial charge in [-0.05, 0) is 45.5 Å². The van der Waals surface area contributed by atoms with Gasteiger partial charge in [-0.15, -0.1) is 5.10 Å². The molecule has 1 atom stereocenters. The first kappa shape index (κ1) is 17.6. The van der Waals surface area contributed by atoms with Crippen molar-refractivity contribution in [2.75, 3.05) is 38.2 Å². The fraction of sp³-hybridized carbons (Fsp3) is 0.526. The summed E-state index contributed by atoms with van der Waals surface area (Å²) in [6.45, 7) is 8.82. The third kappa shape index (κ3) is 2.68. The van der Waals surface area contributed by atoms with Gasteiger partial charge >= 0.3 is 0 Å². The zero-order valence-electron chi connectivity index (χ0n) is 15.5. The average molecular weight is 375 g/mol. The molecule has 1 aromatic heterocycles. The van der Waals surface area contributed by atoms with Crippen LogP contribution in [0.15, 0.2) is 12.1 Å². The first-order chi connectivity index (χ1) is 12.3. The highest BCUT2D eigenvalue weighted by Gasteiger charge is 2.45. The summed E-state index contributed by atoms with van der Waals surface area (Å²) in [5.74, 6) is 0.0920. The Labute approximate surface area is 158 Å². The minimum atomic E-state index is -0.591. The highest BCUT2D eigenvalue weighted by atomic mass is 35.5. The standard InChI is InChI=1S/C19H23ClN4O2/c1-11-13-7-15-16(8-14(13)17(20)22-21-11)24(18(25)19(15,2)3)10-12-9-23(4)5-6-26-12/h7-8,12H,5-6,9-10H2,1-4H3. The maximum Gasteiger partial charge on any atom is 0.237 e. The molecule has 1 unspecified atom stereocenters. The number of hydrogen-bond donors (Lipinski definition) is 0. The molecule has 1 amide bonds. The lowest BCUT2D eigenvalue weighted by Gasteiger charge is -2.33. The number of benzene rings is 1. The molecule has 0 N–H and O–H groups in total. The van der Waals surface area contributed by atoms with Crippen LogP contribution in [0.3, 0.4) is 0 Å². The van der Waals surface area contributed by atoms with Crippen molar-refractivity contribution in [3.63, 3.8) is 0 Å². The van der Waals surface area contributed by atoms with Gasteiger partial charge in [-0.2, -0.15) is 5.10 Å². The van der Waals surface area contributed by atoms with Crippen molar-refractivity contribution >= 4 is 34.0 Å². The summed E-state index contributed by atoms with van der Waals surface area (Å²) in [4.78, 5) is 17.3. The Kier molecular flexibility index (Phi) is 4.17. The highest BCUT2D eigenvalue weighted by molar-refractivity contribution is 6.34. The number of aryl methyl sites for hydroxylation is 1. The fourth-order valence-corrected chi connectivity index (χ4v) is 4.13. The summed E-state index contributed by atoms with van der Waals surface area (Å²) in [6.07, 6.45) is 0.00270. The Morgan fingerprint density at radius 2 is 2.08 bits per heavy atom. The van der Waals surface area contributed by atoms with Gasteiger partial charge in [0.25, 0.3) is 0 Å². The quantitative estimate of drug-likeness (QED) is 0.808. The van der Waals surface area contributed by atoms with Gasteiger partial charge in [-0.3, -0.25) is 4.79 Å². The molecule has 2 aliphatic rings. The molecule has 3 heterocycles. The molecule has 138 valence electrons. The van der Waals surface area contributed by atoms with E-state index >= 15 is 0 Å². The van der Waals surface area contributed by atoms with Crippen LogP contribution in [0.2, 0.25) is 5.15 Å². The zero-order chi connectivity index (χ0) is 18.6. The largest absolute Gasteiger partial charge is 0.374 e. The highest BCUT2D eigenvalue weighted by Crippen LogP contribution is 2.44. The molecule has 0 aliphatic carbocycles. The molecule has 1 fully saturated rings. The topological polar surface area (TPSA) is 58.6 Å². The van der Waals surface area contributed by atoms with Crippen LogP contribution in [0.5, 0.6) is 0 Å². The van der Waals surface area contributed by atoms with Gasteiger partial charge in [0.05, 0.1) is 30.4 Å². The van der Waals surface area contributed by atoms with Crippen molar-refractivity contribution in [1.82, 2.24) is 15.1 Å². The van der Waals surface area contributed by atoms with Crippen molar-refractivity contribution in [3.05, 3.63) is 28.5 Å². The second kappa shape index (κ2) is 6.15. The van der Waals surface area contributed by atoms with Gasteiger partial charge in [0.2, 0.25) is 5.91 Å². The van der Waals surface area contributed by atoms with Crippen molar-refractivity contribution in [1.29, 1.82) is 0 Å². The van der Waals surface area contributed by atoms with E-state index in [1.165, 1.54) is 0 Å². The summed E-state index contributed by atoms with van der Waals surface area (Å²) in [6, 6.07) is 4.03. The number of hydrogen-bond acceptors (Lipinski definition) is 5. The van der Waals surface area contributed by atoms with Crippen LogP contribution in [-0.4, -0.2) is 60.4 Å². The molecule has 26 heavy (non-hydrogen) atoms. The van der Waals surface area contributed by atoms with Gasteiger partial charge < -0.3 is 14.5 Å². The Balaban J connectivity index is 1.80. The van der Waals surface area contributed by atoms with Gasteiger partial charge in [-0.25, -0.2) is 0 Å². The predicted molar refractivity (Wildman–Crippen MR) is 102 cm³/mol. The van der Waals surface area contributed by atoms with E-state index in [2.05, 4.69) is 22.1 Å². The van der Waals surface area contributed by atoms with Gasteiger partial charge in [0, 0.05) is 29.5 Å². The van der Waals surface area contributed by atoms with Crippen LogP contribution in [0.1, 0.15) is 25.1 Å². The Bertz CT molecular complexity index is 899. The van der Waals surface area contributed by atoms with Crippen molar-refractivity contribution in [2.45, 2.75) is 32.3 Å². The first-order valence-electron chi connectivity index (χ1n) is 8.88. The second-order valence-electron chi connectivity index (χ2n) is 7.79. The summed E-state index contributed by atoms with van der Waals surface area (Å²) in [5.41, 5.74) is 2.13. The van der Waals surface area contributed by atoms with E-state index in [4.69, 9.17) is 16.3 Å². The van der Waals surface area contributed by atoms with Crippen LogP contribution < -0.4 is 4.90 Å². The molecule has 7 heteroatoms. The molecule has 0 saturated carbocycles. The number of ether oxygens (including phenoxy) is 1. The third-order valence-electron chi connectivity index (χ3n) is 5.51. The van der Waals surface area contributed by atoms with Crippen LogP contribution in [0.4, 0.5) is 5.69 Å². The molecule has 2 aromatic rings. The molecule has 0 bridgehead atoms. The van der Waals surface area contributed by atoms with Crippen LogP contribution in [-0.2, 0) is 14.9 Å². The molecule has 4 rings (SSSR count). The van der Waals surface area contributed by atoms with E-state index < -0.39 is 5.41 Å².